The van der Waals surface area contributed by atoms with Crippen LogP contribution in [0, 0.1) is 23.2 Å². The number of aliphatic hydroxyl groups is 1. The van der Waals surface area contributed by atoms with Gasteiger partial charge >= 0.3 is 0 Å². The van der Waals surface area contributed by atoms with E-state index in [9.17, 15) is 19.5 Å². The summed E-state index contributed by atoms with van der Waals surface area (Å²) in [5, 5.41) is 10.6. The van der Waals surface area contributed by atoms with Crippen LogP contribution in [-0.2, 0) is 19.1 Å². The largest absolute Gasteiger partial charge is 0.394 e. The van der Waals surface area contributed by atoms with Gasteiger partial charge < -0.3 is 24.5 Å². The van der Waals surface area contributed by atoms with Crippen LogP contribution < -0.4 is 4.90 Å². The number of hydrogen-bond acceptors (Lipinski definition) is 5. The van der Waals surface area contributed by atoms with Crippen LogP contribution in [0.4, 0.5) is 5.69 Å². The Bertz CT molecular complexity index is 1310. The summed E-state index contributed by atoms with van der Waals surface area (Å²) in [6, 6.07) is 7.87. The van der Waals surface area contributed by atoms with Crippen LogP contribution >= 0.6 is 0 Å². The molecule has 2 saturated heterocycles. The van der Waals surface area contributed by atoms with Gasteiger partial charge in [0.05, 0.1) is 30.1 Å². The van der Waals surface area contributed by atoms with Crippen molar-refractivity contribution in [3.05, 3.63) is 54.6 Å². The van der Waals surface area contributed by atoms with Crippen molar-refractivity contribution < 1.29 is 24.2 Å². The van der Waals surface area contributed by atoms with Gasteiger partial charge in [-0.3, -0.25) is 14.4 Å². The van der Waals surface area contributed by atoms with E-state index in [0.29, 0.717) is 19.5 Å². The molecule has 8 nitrogen and oxygen atoms in total. The third-order valence-corrected chi connectivity index (χ3v) is 9.60. The Balaban J connectivity index is 1.66. The fourth-order valence-electron chi connectivity index (χ4n) is 8.45. The number of carbonyl (C=O) groups excluding carboxylic acids is 3. The van der Waals surface area contributed by atoms with Crippen molar-refractivity contribution >= 4 is 23.4 Å². The van der Waals surface area contributed by atoms with Crippen LogP contribution in [0.3, 0.4) is 0 Å². The first-order valence-electron chi connectivity index (χ1n) is 15.7. The van der Waals surface area contributed by atoms with Crippen LogP contribution in [0.5, 0.6) is 0 Å². The van der Waals surface area contributed by atoms with Gasteiger partial charge in [-0.25, -0.2) is 0 Å². The maximum Gasteiger partial charge on any atom is 0.249 e. The SMILES string of the molecule is CC(C)C[C@H](CO)N1C(=O)[C@@H]2[C@H]3C(=O)N(c4ccccc4)CC=C[C@@]3(C)O[C@@]23C=CCN(C(C)(C)CC(C)(C)C)C(=O)C13. The molecule has 0 saturated carbocycles. The maximum atomic E-state index is 14.9. The van der Waals surface area contributed by atoms with Gasteiger partial charge in [-0.2, -0.15) is 0 Å². The molecule has 1 unspecified atom stereocenters. The number of amides is 3. The van der Waals surface area contributed by atoms with Crippen molar-refractivity contribution in [3.63, 3.8) is 0 Å². The molecule has 4 aliphatic heterocycles. The lowest BCUT2D eigenvalue weighted by Crippen LogP contribution is -2.62. The van der Waals surface area contributed by atoms with E-state index in [4.69, 9.17) is 4.74 Å². The van der Waals surface area contributed by atoms with E-state index >= 15 is 0 Å². The van der Waals surface area contributed by atoms with Crippen LogP contribution in [-0.4, -0.2) is 81.1 Å². The molecule has 2 fully saturated rings. The number of rotatable bonds is 7. The smallest absolute Gasteiger partial charge is 0.249 e. The standard InChI is InChI=1S/C35H49N3O5/c1-23(2)20-25(21-39)38-28-31(42)37(33(6,7)22-32(3,4)5)19-13-17-35(28)27(30(38)41)26-29(40)36(24-14-10-9-11-15-24)18-12-16-34(26,8)43-35/h9-17,23,25-28,39H,18-22H2,1-8H3/t25-,26+,27+,28?,34-,35+/m1/s1. The molecule has 43 heavy (non-hydrogen) atoms. The van der Waals surface area contributed by atoms with E-state index in [1.54, 1.807) is 9.80 Å². The minimum atomic E-state index is -1.36. The van der Waals surface area contributed by atoms with Gasteiger partial charge in [0.15, 0.2) is 0 Å². The number of anilines is 1. The third kappa shape index (κ3) is 5.24. The average Bonchev–Trinajstić information content (AvgIpc) is 3.17. The van der Waals surface area contributed by atoms with E-state index in [-0.39, 0.29) is 35.7 Å². The average molecular weight is 592 g/mol. The monoisotopic (exact) mass is 591 g/mol. The van der Waals surface area contributed by atoms with Crippen LogP contribution in [0.25, 0.3) is 0 Å². The first kappa shape index (κ1) is 31.5. The molecular weight excluding hydrogens is 542 g/mol. The summed E-state index contributed by atoms with van der Waals surface area (Å²) in [6.45, 7) is 17.0. The van der Waals surface area contributed by atoms with E-state index in [0.717, 1.165) is 12.1 Å². The van der Waals surface area contributed by atoms with Gasteiger partial charge in [0.2, 0.25) is 17.7 Å². The van der Waals surface area contributed by atoms with Crippen LogP contribution in [0.15, 0.2) is 54.6 Å². The van der Waals surface area contributed by atoms with Crippen molar-refractivity contribution in [2.75, 3.05) is 24.6 Å². The molecule has 234 valence electrons. The van der Waals surface area contributed by atoms with Crippen molar-refractivity contribution in [1.29, 1.82) is 0 Å². The van der Waals surface area contributed by atoms with Gasteiger partial charge in [-0.15, -0.1) is 0 Å². The highest BCUT2D eigenvalue weighted by molar-refractivity contribution is 6.04. The molecule has 0 radical (unpaired) electrons. The number of ether oxygens (including phenoxy) is 1. The predicted molar refractivity (Wildman–Crippen MR) is 167 cm³/mol. The number of benzene rings is 1. The molecule has 0 aliphatic carbocycles. The van der Waals surface area contributed by atoms with Crippen molar-refractivity contribution in [1.82, 2.24) is 9.80 Å². The molecule has 3 amide bonds. The Morgan fingerprint density at radius 1 is 0.930 bits per heavy atom. The summed E-state index contributed by atoms with van der Waals surface area (Å²) in [6.07, 6.45) is 8.94. The fraction of sp³-hybridized carbons (Fsp3) is 0.629. The number of para-hydroxylation sites is 1. The quantitative estimate of drug-likeness (QED) is 0.469. The number of fused-ring (bicyclic) bond motifs is 2. The second-order valence-corrected chi connectivity index (χ2v) is 15.3. The zero-order valence-electron chi connectivity index (χ0n) is 27.0. The van der Waals surface area contributed by atoms with Crippen LogP contribution in [0.2, 0.25) is 0 Å². The Hall–Kier alpha value is -2.97. The molecular formula is C35H49N3O5. The summed E-state index contributed by atoms with van der Waals surface area (Å²) in [4.78, 5) is 49.4. The number of likely N-dealkylation sites (tertiary alicyclic amines) is 1. The number of carbonyl (C=O) groups is 3. The highest BCUT2D eigenvalue weighted by Gasteiger charge is 2.75. The summed E-state index contributed by atoms with van der Waals surface area (Å²) in [7, 11) is 0. The molecule has 1 spiro atoms. The number of aliphatic hydroxyl groups excluding tert-OH is 1. The molecule has 0 bridgehead atoms. The summed E-state index contributed by atoms with van der Waals surface area (Å²) in [5.74, 6) is -2.30. The van der Waals surface area contributed by atoms with Crippen molar-refractivity contribution in [2.45, 2.75) is 97.1 Å². The van der Waals surface area contributed by atoms with Gasteiger partial charge in [0.25, 0.3) is 0 Å². The Kier molecular flexibility index (Phi) is 7.96. The normalized spacial score (nSPS) is 31.7. The maximum absolute atomic E-state index is 14.9. The van der Waals surface area contributed by atoms with Gasteiger partial charge in [-0.05, 0) is 57.1 Å². The number of hydrogen-bond donors (Lipinski definition) is 1. The molecule has 1 aromatic rings. The topological polar surface area (TPSA) is 90.4 Å². The third-order valence-electron chi connectivity index (χ3n) is 9.60. The van der Waals surface area contributed by atoms with Crippen LogP contribution in [0.1, 0.15) is 68.2 Å². The van der Waals surface area contributed by atoms with Gasteiger partial charge in [-0.1, -0.05) is 77.1 Å². The van der Waals surface area contributed by atoms with Crippen molar-refractivity contribution in [2.24, 2.45) is 23.2 Å². The summed E-state index contributed by atoms with van der Waals surface area (Å²) < 4.78 is 7.00. The molecule has 4 aliphatic rings. The first-order valence-corrected chi connectivity index (χ1v) is 15.7. The predicted octanol–water partition coefficient (Wildman–Crippen LogP) is 4.58. The fourth-order valence-corrected chi connectivity index (χ4v) is 8.45. The number of nitrogens with zero attached hydrogens (tertiary/aromatic N) is 3. The van der Waals surface area contributed by atoms with Gasteiger partial charge in [0, 0.05) is 24.3 Å². The second-order valence-electron chi connectivity index (χ2n) is 15.3. The Morgan fingerprint density at radius 2 is 1.58 bits per heavy atom. The van der Waals surface area contributed by atoms with E-state index in [2.05, 4.69) is 34.6 Å². The Labute approximate surface area is 256 Å². The molecule has 4 heterocycles. The van der Waals surface area contributed by atoms with Gasteiger partial charge in [0.1, 0.15) is 11.6 Å². The lowest BCUT2D eigenvalue weighted by Gasteiger charge is -2.46. The summed E-state index contributed by atoms with van der Waals surface area (Å²) >= 11 is 0. The lowest BCUT2D eigenvalue weighted by molar-refractivity contribution is -0.158. The minimum Gasteiger partial charge on any atom is -0.394 e. The van der Waals surface area contributed by atoms with Crippen molar-refractivity contribution in [3.8, 4) is 0 Å². The summed E-state index contributed by atoms with van der Waals surface area (Å²) in [5.41, 5.74) is -2.27. The van der Waals surface area contributed by atoms with E-state index < -0.39 is 40.7 Å². The molecule has 0 aromatic heterocycles. The molecule has 5 rings (SSSR count). The lowest BCUT2D eigenvalue weighted by atomic mass is 9.74. The van der Waals surface area contributed by atoms with E-state index in [1.165, 1.54) is 0 Å². The zero-order valence-corrected chi connectivity index (χ0v) is 27.0. The first-order chi connectivity index (χ1) is 20.1. The molecule has 6 atom stereocenters. The highest BCUT2D eigenvalue weighted by atomic mass is 16.5. The minimum absolute atomic E-state index is 0.0425. The molecule has 8 heteroatoms. The molecule has 1 aromatic carbocycles. The van der Waals surface area contributed by atoms with E-state index in [1.807, 2.05) is 80.3 Å². The highest BCUT2D eigenvalue weighted by Crippen LogP contribution is 2.58. The Morgan fingerprint density at radius 3 is 2.19 bits per heavy atom. The molecule has 1 N–H and O–H groups in total. The zero-order chi connectivity index (χ0) is 31.5. The second kappa shape index (κ2) is 10.9.